The maximum atomic E-state index is 6.55. The maximum absolute atomic E-state index is 6.55. The highest BCUT2D eigenvalue weighted by Gasteiger charge is 2.34. The third-order valence-corrected chi connectivity index (χ3v) is 5.60. The number of hydrogen-bond donors (Lipinski definition) is 0. The van der Waals surface area contributed by atoms with Gasteiger partial charge in [0.25, 0.3) is 0 Å². The summed E-state index contributed by atoms with van der Waals surface area (Å²) < 4.78 is 6.55. The highest BCUT2D eigenvalue weighted by Crippen LogP contribution is 2.48. The van der Waals surface area contributed by atoms with Crippen LogP contribution in [0.25, 0.3) is 21.9 Å². The molecule has 0 saturated carbocycles. The Kier molecular flexibility index (Phi) is 3.70. The monoisotopic (exact) mass is 344 g/mol. The summed E-state index contributed by atoms with van der Waals surface area (Å²) >= 11 is 0. The Morgan fingerprint density at radius 3 is 2.31 bits per heavy atom. The molecule has 0 aliphatic carbocycles. The lowest BCUT2D eigenvalue weighted by molar-refractivity contribution is 0.107. The second-order valence-corrected chi connectivity index (χ2v) is 8.97. The number of benzene rings is 3. The van der Waals surface area contributed by atoms with E-state index in [2.05, 4.69) is 90.1 Å². The van der Waals surface area contributed by atoms with E-state index in [1.54, 1.807) is 0 Å². The fraction of sp³-hybridized carbons (Fsp3) is 0.360. The van der Waals surface area contributed by atoms with Crippen molar-refractivity contribution in [3.05, 3.63) is 65.2 Å². The van der Waals surface area contributed by atoms with Gasteiger partial charge in [0, 0.05) is 11.1 Å². The SMILES string of the molecule is CCc1ccc2c3c(ccc2c1)-c1ccc(C(C)(C)C)cc1OC3(C)C. The Labute approximate surface area is 157 Å². The van der Waals surface area contributed by atoms with E-state index in [-0.39, 0.29) is 11.0 Å². The van der Waals surface area contributed by atoms with Crippen LogP contribution < -0.4 is 4.74 Å². The van der Waals surface area contributed by atoms with Crippen molar-refractivity contribution in [2.75, 3.05) is 0 Å². The minimum absolute atomic E-state index is 0.114. The predicted molar refractivity (Wildman–Crippen MR) is 111 cm³/mol. The van der Waals surface area contributed by atoms with Crippen LogP contribution in [-0.4, -0.2) is 0 Å². The van der Waals surface area contributed by atoms with Crippen molar-refractivity contribution in [2.24, 2.45) is 0 Å². The average Bonchev–Trinajstić information content (AvgIpc) is 2.58. The van der Waals surface area contributed by atoms with Gasteiger partial charge in [0.05, 0.1) is 0 Å². The first-order chi connectivity index (χ1) is 12.2. The molecular weight excluding hydrogens is 316 g/mol. The van der Waals surface area contributed by atoms with Gasteiger partial charge in [-0.15, -0.1) is 0 Å². The summed E-state index contributed by atoms with van der Waals surface area (Å²) in [7, 11) is 0. The molecule has 4 rings (SSSR count). The lowest BCUT2D eigenvalue weighted by atomic mass is 9.80. The van der Waals surface area contributed by atoms with Crippen molar-refractivity contribution in [2.45, 2.75) is 59.0 Å². The Bertz CT molecular complexity index is 1000. The van der Waals surface area contributed by atoms with Crippen LogP contribution in [0.15, 0.2) is 48.5 Å². The van der Waals surface area contributed by atoms with E-state index in [0.717, 1.165) is 12.2 Å². The molecule has 1 nitrogen and oxygen atoms in total. The molecule has 0 radical (unpaired) electrons. The second kappa shape index (κ2) is 5.61. The number of fused-ring (bicyclic) bond motifs is 5. The number of hydrogen-bond acceptors (Lipinski definition) is 1. The summed E-state index contributed by atoms with van der Waals surface area (Å²) in [5.74, 6) is 0.999. The van der Waals surface area contributed by atoms with E-state index in [9.17, 15) is 0 Å². The molecule has 0 fully saturated rings. The lowest BCUT2D eigenvalue weighted by Gasteiger charge is -2.37. The molecule has 134 valence electrons. The minimum Gasteiger partial charge on any atom is -0.482 e. The first-order valence-electron chi connectivity index (χ1n) is 9.61. The number of rotatable bonds is 1. The largest absolute Gasteiger partial charge is 0.482 e. The van der Waals surface area contributed by atoms with Gasteiger partial charge in [-0.25, -0.2) is 0 Å². The van der Waals surface area contributed by atoms with Crippen molar-refractivity contribution in [3.8, 4) is 16.9 Å². The molecule has 0 N–H and O–H groups in total. The summed E-state index contributed by atoms with van der Waals surface area (Å²) in [4.78, 5) is 0. The van der Waals surface area contributed by atoms with Crippen molar-refractivity contribution in [1.82, 2.24) is 0 Å². The first kappa shape index (κ1) is 17.1. The molecule has 0 bridgehead atoms. The molecule has 1 heteroatoms. The fourth-order valence-corrected chi connectivity index (χ4v) is 4.09. The van der Waals surface area contributed by atoms with Gasteiger partial charge in [-0.05, 0) is 59.2 Å². The number of aryl methyl sites for hydroxylation is 1. The van der Waals surface area contributed by atoms with Gasteiger partial charge >= 0.3 is 0 Å². The molecule has 0 amide bonds. The quantitative estimate of drug-likeness (QED) is 0.462. The van der Waals surface area contributed by atoms with Crippen molar-refractivity contribution < 1.29 is 4.74 Å². The highest BCUT2D eigenvalue weighted by molar-refractivity contribution is 5.95. The molecule has 1 aliphatic heterocycles. The highest BCUT2D eigenvalue weighted by atomic mass is 16.5. The van der Waals surface area contributed by atoms with Gasteiger partial charge in [-0.3, -0.25) is 0 Å². The van der Waals surface area contributed by atoms with Gasteiger partial charge in [-0.1, -0.05) is 70.2 Å². The average molecular weight is 344 g/mol. The third kappa shape index (κ3) is 2.61. The van der Waals surface area contributed by atoms with Gasteiger partial charge < -0.3 is 4.74 Å². The minimum atomic E-state index is -0.355. The lowest BCUT2D eigenvalue weighted by Crippen LogP contribution is -2.30. The van der Waals surface area contributed by atoms with Crippen LogP contribution in [0.5, 0.6) is 5.75 Å². The van der Waals surface area contributed by atoms with E-state index >= 15 is 0 Å². The molecule has 0 aromatic heterocycles. The van der Waals surface area contributed by atoms with Crippen LogP contribution in [-0.2, 0) is 17.4 Å². The molecule has 0 unspecified atom stereocenters. The summed E-state index contributed by atoms with van der Waals surface area (Å²) in [6.07, 6.45) is 1.06. The second-order valence-electron chi connectivity index (χ2n) is 8.97. The summed E-state index contributed by atoms with van der Waals surface area (Å²) in [6, 6.07) is 18.1. The molecule has 0 saturated heterocycles. The Hall–Kier alpha value is -2.28. The van der Waals surface area contributed by atoms with Crippen LogP contribution in [0.3, 0.4) is 0 Å². The first-order valence-corrected chi connectivity index (χ1v) is 9.61. The Balaban J connectivity index is 1.99. The van der Waals surface area contributed by atoms with E-state index in [0.29, 0.717) is 0 Å². The molecule has 26 heavy (non-hydrogen) atoms. The van der Waals surface area contributed by atoms with Crippen molar-refractivity contribution in [1.29, 1.82) is 0 Å². The van der Waals surface area contributed by atoms with Gasteiger partial charge in [0.1, 0.15) is 11.4 Å². The van der Waals surface area contributed by atoms with Gasteiger partial charge in [0.2, 0.25) is 0 Å². The summed E-state index contributed by atoms with van der Waals surface area (Å²) in [6.45, 7) is 13.3. The molecule has 0 atom stereocenters. The smallest absolute Gasteiger partial charge is 0.130 e. The Morgan fingerprint density at radius 2 is 1.62 bits per heavy atom. The molecule has 0 spiro atoms. The van der Waals surface area contributed by atoms with Crippen LogP contribution in [0.2, 0.25) is 0 Å². The van der Waals surface area contributed by atoms with E-state index in [1.807, 2.05) is 0 Å². The van der Waals surface area contributed by atoms with E-state index in [4.69, 9.17) is 4.74 Å². The van der Waals surface area contributed by atoms with E-state index in [1.165, 1.54) is 38.6 Å². The van der Waals surface area contributed by atoms with Crippen LogP contribution in [0.4, 0.5) is 0 Å². The van der Waals surface area contributed by atoms with Crippen molar-refractivity contribution in [3.63, 3.8) is 0 Å². The zero-order chi connectivity index (χ0) is 18.7. The maximum Gasteiger partial charge on any atom is 0.130 e. The van der Waals surface area contributed by atoms with Gasteiger partial charge in [-0.2, -0.15) is 0 Å². The molecule has 1 aliphatic rings. The van der Waals surface area contributed by atoms with Crippen LogP contribution in [0.1, 0.15) is 58.2 Å². The summed E-state index contributed by atoms with van der Waals surface area (Å²) in [5.41, 5.74) is 6.25. The molecule has 3 aromatic rings. The molecular formula is C25H28O. The zero-order valence-corrected chi connectivity index (χ0v) is 16.7. The fourth-order valence-electron chi connectivity index (χ4n) is 4.09. The third-order valence-electron chi connectivity index (χ3n) is 5.60. The topological polar surface area (TPSA) is 9.23 Å². The van der Waals surface area contributed by atoms with Crippen molar-refractivity contribution >= 4 is 10.8 Å². The van der Waals surface area contributed by atoms with E-state index < -0.39 is 0 Å². The molecule has 1 heterocycles. The normalized spacial score (nSPS) is 15.3. The standard InChI is InChI=1S/C25H28O/c1-7-16-8-11-19-17(14-16)9-12-21-20-13-10-18(24(2,3)4)15-22(20)26-25(5,6)23(19)21/h8-15H,7H2,1-6H3. The Morgan fingerprint density at radius 1 is 0.885 bits per heavy atom. The summed E-state index contributed by atoms with van der Waals surface area (Å²) in [5, 5.41) is 2.60. The number of ether oxygens (including phenoxy) is 1. The predicted octanol–water partition coefficient (Wildman–Crippen LogP) is 6.99. The van der Waals surface area contributed by atoms with Gasteiger partial charge in [0.15, 0.2) is 0 Å². The van der Waals surface area contributed by atoms with Crippen LogP contribution >= 0.6 is 0 Å². The molecule has 3 aromatic carbocycles. The van der Waals surface area contributed by atoms with Crippen LogP contribution in [0, 0.1) is 0 Å². The zero-order valence-electron chi connectivity index (χ0n) is 16.7.